The zero-order valence-corrected chi connectivity index (χ0v) is 18.8. The van der Waals surface area contributed by atoms with Crippen molar-refractivity contribution in [2.24, 2.45) is 0 Å². The fourth-order valence-electron chi connectivity index (χ4n) is 2.95. The van der Waals surface area contributed by atoms with Gasteiger partial charge in [-0.2, -0.15) is 0 Å². The summed E-state index contributed by atoms with van der Waals surface area (Å²) in [5.74, 6) is -0.276. The van der Waals surface area contributed by atoms with Crippen LogP contribution in [0.2, 0.25) is 0 Å². The average molecular weight is 421 g/mol. The highest BCUT2D eigenvalue weighted by Crippen LogP contribution is 2.13. The fourth-order valence-corrected chi connectivity index (χ4v) is 2.95. The topological polar surface area (TPSA) is 107 Å². The van der Waals surface area contributed by atoms with E-state index < -0.39 is 6.10 Å². The molecule has 1 unspecified atom stereocenters. The maximum atomic E-state index is 11.4. The third-order valence-electron chi connectivity index (χ3n) is 4.73. The number of esters is 1. The summed E-state index contributed by atoms with van der Waals surface area (Å²) >= 11 is 0. The van der Waals surface area contributed by atoms with Gasteiger partial charge in [0.2, 0.25) is 0 Å². The number of carbonyl (C=O) groups is 1. The van der Waals surface area contributed by atoms with Crippen LogP contribution in [0.3, 0.4) is 0 Å². The number of carbonyl (C=O) groups excluding carboxylic acids is 1. The molecular weight excluding hydrogens is 372 g/mol. The first kappa shape index (κ1) is 30.5. The number of aliphatic hydroxyl groups is 4. The van der Waals surface area contributed by atoms with Gasteiger partial charge in [0.15, 0.2) is 0 Å². The van der Waals surface area contributed by atoms with Crippen LogP contribution in [0.25, 0.3) is 0 Å². The first-order valence-electron chi connectivity index (χ1n) is 11.8. The summed E-state index contributed by atoms with van der Waals surface area (Å²) in [5.41, 5.74) is 0. The minimum absolute atomic E-state index is 0.103. The van der Waals surface area contributed by atoms with Crippen molar-refractivity contribution in [1.29, 1.82) is 0 Å². The Balaban J connectivity index is 0. The Kier molecular flexibility index (Phi) is 28.7. The molecule has 0 fully saturated rings. The SMILES string of the molecule is CCCCCCCCCCCCCCCCCC(=O)OCC(O)CO.OCCO. The molecule has 0 saturated carbocycles. The van der Waals surface area contributed by atoms with E-state index in [1.165, 1.54) is 83.5 Å². The van der Waals surface area contributed by atoms with Crippen LogP contribution < -0.4 is 0 Å². The monoisotopic (exact) mass is 420 g/mol. The molecule has 0 rings (SSSR count). The van der Waals surface area contributed by atoms with Crippen LogP contribution in [-0.4, -0.2) is 58.9 Å². The van der Waals surface area contributed by atoms with Gasteiger partial charge in [0.1, 0.15) is 12.7 Å². The molecule has 0 aromatic carbocycles. The Morgan fingerprint density at radius 1 is 0.690 bits per heavy atom. The number of ether oxygens (including phenoxy) is 1. The molecule has 0 amide bonds. The van der Waals surface area contributed by atoms with Crippen LogP contribution in [-0.2, 0) is 9.53 Å². The molecule has 0 spiro atoms. The molecule has 176 valence electrons. The van der Waals surface area contributed by atoms with Crippen molar-refractivity contribution >= 4 is 5.97 Å². The second-order valence-electron chi connectivity index (χ2n) is 7.67. The zero-order chi connectivity index (χ0) is 22.0. The highest BCUT2D eigenvalue weighted by Gasteiger charge is 2.07. The first-order chi connectivity index (χ1) is 14.1. The van der Waals surface area contributed by atoms with E-state index in [1.807, 2.05) is 0 Å². The van der Waals surface area contributed by atoms with E-state index in [4.69, 9.17) is 25.2 Å². The molecule has 0 aromatic heterocycles. The molecule has 0 aliphatic rings. The number of hydrogen-bond acceptors (Lipinski definition) is 6. The Morgan fingerprint density at radius 2 is 1.07 bits per heavy atom. The van der Waals surface area contributed by atoms with Crippen molar-refractivity contribution in [3.63, 3.8) is 0 Å². The van der Waals surface area contributed by atoms with Crippen molar-refractivity contribution in [3.8, 4) is 0 Å². The quantitative estimate of drug-likeness (QED) is 0.174. The summed E-state index contributed by atoms with van der Waals surface area (Å²) in [4.78, 5) is 11.4. The summed E-state index contributed by atoms with van der Waals surface area (Å²) in [7, 11) is 0. The lowest BCUT2D eigenvalue weighted by Gasteiger charge is -2.08. The van der Waals surface area contributed by atoms with Gasteiger partial charge in [-0.25, -0.2) is 0 Å². The summed E-state index contributed by atoms with van der Waals surface area (Å²) in [6, 6.07) is 0. The Hall–Kier alpha value is -0.690. The fraction of sp³-hybridized carbons (Fsp3) is 0.957. The van der Waals surface area contributed by atoms with Gasteiger partial charge in [-0.1, -0.05) is 96.8 Å². The van der Waals surface area contributed by atoms with Crippen LogP contribution in [0.1, 0.15) is 110 Å². The van der Waals surface area contributed by atoms with Crippen molar-refractivity contribution in [2.75, 3.05) is 26.4 Å². The van der Waals surface area contributed by atoms with Gasteiger partial charge in [0.05, 0.1) is 19.8 Å². The van der Waals surface area contributed by atoms with Crippen LogP contribution >= 0.6 is 0 Å². The average Bonchev–Trinajstić information content (AvgIpc) is 2.74. The summed E-state index contributed by atoms with van der Waals surface area (Å²) in [6.07, 6.45) is 19.0. The molecule has 0 aromatic rings. The molecule has 0 aliphatic heterocycles. The highest BCUT2D eigenvalue weighted by atomic mass is 16.5. The van der Waals surface area contributed by atoms with Gasteiger partial charge in [-0.05, 0) is 6.42 Å². The smallest absolute Gasteiger partial charge is 0.305 e. The lowest BCUT2D eigenvalue weighted by Crippen LogP contribution is -2.21. The van der Waals surface area contributed by atoms with Crippen molar-refractivity contribution in [1.82, 2.24) is 0 Å². The summed E-state index contributed by atoms with van der Waals surface area (Å²) in [5, 5.41) is 33.0. The number of unbranched alkanes of at least 4 members (excludes halogenated alkanes) is 14. The molecule has 1 atom stereocenters. The van der Waals surface area contributed by atoms with Crippen molar-refractivity contribution < 1.29 is 30.0 Å². The zero-order valence-electron chi connectivity index (χ0n) is 18.8. The minimum Gasteiger partial charge on any atom is -0.463 e. The Bertz CT molecular complexity index is 310. The molecule has 6 nitrogen and oxygen atoms in total. The van der Waals surface area contributed by atoms with Gasteiger partial charge >= 0.3 is 5.97 Å². The second kappa shape index (κ2) is 27.3. The molecule has 29 heavy (non-hydrogen) atoms. The maximum absolute atomic E-state index is 11.4. The standard InChI is InChI=1S/C21H42O4.C2H6O2/c1-2-3-4-5-6-7-8-9-10-11-12-13-14-15-16-17-21(24)25-19-20(23)18-22;3-1-2-4/h20,22-23H,2-19H2,1H3;3-4H,1-2H2. The maximum Gasteiger partial charge on any atom is 0.305 e. The molecule has 0 bridgehead atoms. The number of aliphatic hydroxyl groups excluding tert-OH is 4. The lowest BCUT2D eigenvalue weighted by molar-refractivity contribution is -0.147. The first-order valence-corrected chi connectivity index (χ1v) is 11.8. The van der Waals surface area contributed by atoms with E-state index in [2.05, 4.69) is 6.92 Å². The molecule has 0 saturated heterocycles. The number of hydrogen-bond donors (Lipinski definition) is 4. The Morgan fingerprint density at radius 3 is 1.41 bits per heavy atom. The van der Waals surface area contributed by atoms with E-state index in [1.54, 1.807) is 0 Å². The van der Waals surface area contributed by atoms with Gasteiger partial charge in [-0.15, -0.1) is 0 Å². The predicted octanol–water partition coefficient (Wildman–Crippen LogP) is 4.12. The lowest BCUT2D eigenvalue weighted by atomic mass is 10.0. The van der Waals surface area contributed by atoms with Gasteiger partial charge in [0, 0.05) is 6.42 Å². The van der Waals surface area contributed by atoms with Crippen molar-refractivity contribution in [2.45, 2.75) is 116 Å². The van der Waals surface area contributed by atoms with Crippen LogP contribution in [0.4, 0.5) is 0 Å². The second-order valence-corrected chi connectivity index (χ2v) is 7.67. The van der Waals surface area contributed by atoms with E-state index in [0.29, 0.717) is 6.42 Å². The van der Waals surface area contributed by atoms with Crippen LogP contribution in [0.5, 0.6) is 0 Å². The Labute approximate surface area is 178 Å². The van der Waals surface area contributed by atoms with E-state index in [-0.39, 0.29) is 32.4 Å². The van der Waals surface area contributed by atoms with Gasteiger partial charge in [0.25, 0.3) is 0 Å². The van der Waals surface area contributed by atoms with Gasteiger partial charge < -0.3 is 25.2 Å². The van der Waals surface area contributed by atoms with Crippen LogP contribution in [0, 0.1) is 0 Å². The molecule has 0 heterocycles. The highest BCUT2D eigenvalue weighted by molar-refractivity contribution is 5.69. The molecule has 0 radical (unpaired) electrons. The van der Waals surface area contributed by atoms with Crippen LogP contribution in [0.15, 0.2) is 0 Å². The molecule has 4 N–H and O–H groups in total. The van der Waals surface area contributed by atoms with Gasteiger partial charge in [-0.3, -0.25) is 4.79 Å². The minimum atomic E-state index is -0.954. The third-order valence-corrected chi connectivity index (χ3v) is 4.73. The molecular formula is C23H48O6. The predicted molar refractivity (Wildman–Crippen MR) is 118 cm³/mol. The molecule has 0 aliphatic carbocycles. The number of rotatable bonds is 20. The van der Waals surface area contributed by atoms with Crippen molar-refractivity contribution in [3.05, 3.63) is 0 Å². The summed E-state index contributed by atoms with van der Waals surface area (Å²) in [6.45, 7) is 1.54. The molecule has 6 heteroatoms. The normalized spacial score (nSPS) is 11.6. The van der Waals surface area contributed by atoms with E-state index in [0.717, 1.165) is 12.8 Å². The third kappa shape index (κ3) is 29.6. The van der Waals surface area contributed by atoms with E-state index >= 15 is 0 Å². The summed E-state index contributed by atoms with van der Waals surface area (Å²) < 4.78 is 4.86. The van der Waals surface area contributed by atoms with E-state index in [9.17, 15) is 4.79 Å². The largest absolute Gasteiger partial charge is 0.463 e.